The number of carbonyl (C=O) groups is 2. The number of ketones is 1. The first kappa shape index (κ1) is 20.5. The number of aryl methyl sites for hydroxylation is 1. The summed E-state index contributed by atoms with van der Waals surface area (Å²) in [7, 11) is 0. The summed E-state index contributed by atoms with van der Waals surface area (Å²) in [5.41, 5.74) is 2.28. The summed E-state index contributed by atoms with van der Waals surface area (Å²) in [5.74, 6) is 0.259. The second kappa shape index (κ2) is 9.30. The second-order valence-corrected chi connectivity index (χ2v) is 8.18. The number of ether oxygens (including phenoxy) is 1. The monoisotopic (exact) mass is 415 g/mol. The van der Waals surface area contributed by atoms with Gasteiger partial charge in [0.2, 0.25) is 5.78 Å². The van der Waals surface area contributed by atoms with E-state index in [9.17, 15) is 9.59 Å². The number of hydrogen-bond donors (Lipinski definition) is 1. The predicted molar refractivity (Wildman–Crippen MR) is 114 cm³/mol. The Bertz CT molecular complexity index is 981. The molecule has 0 amide bonds. The molecule has 0 aliphatic rings. The van der Waals surface area contributed by atoms with Crippen molar-refractivity contribution in [1.82, 2.24) is 4.98 Å². The van der Waals surface area contributed by atoms with Crippen molar-refractivity contribution < 1.29 is 14.3 Å². The third-order valence-electron chi connectivity index (χ3n) is 4.43. The Hall–Kier alpha value is -2.24. The minimum absolute atomic E-state index is 0.182. The number of nitrogens with one attached hydrogen (secondary N) is 1. The first-order valence-electron chi connectivity index (χ1n) is 9.15. The van der Waals surface area contributed by atoms with Crippen LogP contribution in [0.1, 0.15) is 35.8 Å². The maximum atomic E-state index is 12.8. The van der Waals surface area contributed by atoms with Crippen LogP contribution < -0.4 is 0 Å². The molecule has 1 N–H and O–H groups in total. The van der Waals surface area contributed by atoms with Gasteiger partial charge in [0, 0.05) is 38.5 Å². The summed E-state index contributed by atoms with van der Waals surface area (Å²) in [6, 6.07) is 15.2. The number of H-pyrrole nitrogens is 1. The number of aromatic nitrogens is 1. The molecule has 0 unspecified atom stereocenters. The number of esters is 1. The standard InChI is InChI=1S/C22H22ClNO3S/c1-14-21(18-6-3-4-7-19(18)24-14)22(26)15(2)27-20(25)8-5-13-28-17-11-9-16(23)10-12-17/h3-4,6-7,9-12,15,24H,5,8,13H2,1-2H3/t15-/m1/s1. The van der Waals surface area contributed by atoms with Crippen LogP contribution >= 0.6 is 23.4 Å². The van der Waals surface area contributed by atoms with Crippen molar-refractivity contribution in [1.29, 1.82) is 0 Å². The topological polar surface area (TPSA) is 59.2 Å². The van der Waals surface area contributed by atoms with Gasteiger partial charge in [0.15, 0.2) is 6.10 Å². The molecule has 146 valence electrons. The Morgan fingerprint density at radius 1 is 1.14 bits per heavy atom. The Kier molecular flexibility index (Phi) is 6.81. The van der Waals surface area contributed by atoms with Crippen molar-refractivity contribution in [3.8, 4) is 0 Å². The first-order chi connectivity index (χ1) is 13.5. The highest BCUT2D eigenvalue weighted by atomic mass is 35.5. The van der Waals surface area contributed by atoms with E-state index in [4.69, 9.17) is 16.3 Å². The van der Waals surface area contributed by atoms with Crippen molar-refractivity contribution in [2.75, 3.05) is 5.75 Å². The van der Waals surface area contributed by atoms with Gasteiger partial charge in [-0.15, -0.1) is 11.8 Å². The lowest BCUT2D eigenvalue weighted by Gasteiger charge is -2.12. The van der Waals surface area contributed by atoms with Gasteiger partial charge in [-0.25, -0.2) is 0 Å². The quantitative estimate of drug-likeness (QED) is 0.218. The molecule has 6 heteroatoms. The molecule has 1 aromatic heterocycles. The summed E-state index contributed by atoms with van der Waals surface area (Å²) in [6.45, 7) is 3.49. The lowest BCUT2D eigenvalue weighted by Crippen LogP contribution is -2.24. The lowest BCUT2D eigenvalue weighted by atomic mass is 10.0. The zero-order valence-electron chi connectivity index (χ0n) is 15.8. The maximum absolute atomic E-state index is 12.8. The van der Waals surface area contributed by atoms with Crippen LogP contribution in [-0.4, -0.2) is 28.6 Å². The van der Waals surface area contributed by atoms with Crippen LogP contribution in [0.3, 0.4) is 0 Å². The molecule has 1 heterocycles. The van der Waals surface area contributed by atoms with E-state index < -0.39 is 6.10 Å². The van der Waals surface area contributed by atoms with E-state index in [2.05, 4.69) is 4.98 Å². The molecule has 0 radical (unpaired) electrons. The first-order valence-corrected chi connectivity index (χ1v) is 10.5. The van der Waals surface area contributed by atoms with Crippen LogP contribution in [0.4, 0.5) is 0 Å². The molecule has 0 fully saturated rings. The Balaban J connectivity index is 1.50. The van der Waals surface area contributed by atoms with E-state index >= 15 is 0 Å². The average Bonchev–Trinajstić information content (AvgIpc) is 3.01. The fourth-order valence-corrected chi connectivity index (χ4v) is 4.02. The number of para-hydroxylation sites is 1. The highest BCUT2D eigenvalue weighted by molar-refractivity contribution is 7.99. The van der Waals surface area contributed by atoms with Crippen molar-refractivity contribution >= 4 is 46.0 Å². The van der Waals surface area contributed by atoms with Gasteiger partial charge in [-0.2, -0.15) is 0 Å². The Labute approximate surface area is 173 Å². The fraction of sp³-hybridized carbons (Fsp3) is 0.273. The van der Waals surface area contributed by atoms with Gasteiger partial charge < -0.3 is 9.72 Å². The van der Waals surface area contributed by atoms with Crippen LogP contribution in [0.15, 0.2) is 53.4 Å². The van der Waals surface area contributed by atoms with Crippen LogP contribution in [0.2, 0.25) is 5.02 Å². The number of benzene rings is 2. The van der Waals surface area contributed by atoms with Crippen LogP contribution in [-0.2, 0) is 9.53 Å². The van der Waals surface area contributed by atoms with E-state index in [0.717, 1.165) is 27.2 Å². The molecule has 0 bridgehead atoms. The molecule has 2 aromatic carbocycles. The number of fused-ring (bicyclic) bond motifs is 1. The van der Waals surface area contributed by atoms with Crippen LogP contribution in [0, 0.1) is 6.92 Å². The van der Waals surface area contributed by atoms with E-state index in [1.165, 1.54) is 0 Å². The molecule has 28 heavy (non-hydrogen) atoms. The van der Waals surface area contributed by atoms with Crippen molar-refractivity contribution in [2.45, 2.75) is 37.7 Å². The SMILES string of the molecule is Cc1[nH]c2ccccc2c1C(=O)[C@@H](C)OC(=O)CCCSc1ccc(Cl)cc1. The minimum Gasteiger partial charge on any atom is -0.454 e. The lowest BCUT2D eigenvalue weighted by molar-refractivity contribution is -0.146. The maximum Gasteiger partial charge on any atom is 0.306 e. The summed E-state index contributed by atoms with van der Waals surface area (Å²) < 4.78 is 5.38. The average molecular weight is 416 g/mol. The molecular weight excluding hydrogens is 394 g/mol. The number of hydrogen-bond acceptors (Lipinski definition) is 4. The number of rotatable bonds is 8. The van der Waals surface area contributed by atoms with E-state index in [-0.39, 0.29) is 18.2 Å². The molecule has 0 aliphatic heterocycles. The highest BCUT2D eigenvalue weighted by Crippen LogP contribution is 2.24. The molecule has 0 aliphatic carbocycles. The number of halogens is 1. The summed E-state index contributed by atoms with van der Waals surface area (Å²) in [6.07, 6.45) is 0.152. The van der Waals surface area contributed by atoms with Gasteiger partial charge in [0.25, 0.3) is 0 Å². The minimum atomic E-state index is -0.811. The summed E-state index contributed by atoms with van der Waals surface area (Å²) in [4.78, 5) is 29.2. The van der Waals surface area contributed by atoms with Gasteiger partial charge in [0.1, 0.15) is 0 Å². The molecule has 1 atom stereocenters. The number of carbonyl (C=O) groups excluding carboxylic acids is 2. The highest BCUT2D eigenvalue weighted by Gasteiger charge is 2.24. The van der Waals surface area contributed by atoms with Crippen molar-refractivity contribution in [2.24, 2.45) is 0 Å². The van der Waals surface area contributed by atoms with Crippen molar-refractivity contribution in [3.05, 3.63) is 64.8 Å². The predicted octanol–water partition coefficient (Wildman–Crippen LogP) is 5.82. The molecule has 0 saturated heterocycles. The zero-order valence-corrected chi connectivity index (χ0v) is 17.4. The molecule has 0 saturated carbocycles. The van der Waals surface area contributed by atoms with E-state index in [1.807, 2.05) is 55.5 Å². The number of Topliss-reactive ketones (excluding diaryl/α,β-unsaturated/α-hetero) is 1. The Morgan fingerprint density at radius 2 is 1.86 bits per heavy atom. The fourth-order valence-electron chi connectivity index (χ4n) is 3.04. The van der Waals surface area contributed by atoms with Gasteiger partial charge in [-0.1, -0.05) is 29.8 Å². The third kappa shape index (κ3) is 4.97. The number of aromatic amines is 1. The molecule has 3 rings (SSSR count). The zero-order chi connectivity index (χ0) is 20.1. The van der Waals surface area contributed by atoms with Gasteiger partial charge in [0.05, 0.1) is 0 Å². The second-order valence-electron chi connectivity index (χ2n) is 6.57. The van der Waals surface area contributed by atoms with Gasteiger partial charge in [-0.3, -0.25) is 9.59 Å². The molecule has 4 nitrogen and oxygen atoms in total. The molecule has 3 aromatic rings. The normalized spacial score (nSPS) is 12.1. The summed E-state index contributed by atoms with van der Waals surface area (Å²) >= 11 is 7.53. The Morgan fingerprint density at radius 3 is 2.61 bits per heavy atom. The van der Waals surface area contributed by atoms with E-state index in [1.54, 1.807) is 18.7 Å². The van der Waals surface area contributed by atoms with Crippen LogP contribution in [0.25, 0.3) is 10.9 Å². The van der Waals surface area contributed by atoms with E-state index in [0.29, 0.717) is 17.0 Å². The molecular formula is C22H22ClNO3S. The van der Waals surface area contributed by atoms with Crippen molar-refractivity contribution in [3.63, 3.8) is 0 Å². The van der Waals surface area contributed by atoms with Gasteiger partial charge in [-0.05, 0) is 56.4 Å². The number of thioether (sulfide) groups is 1. The smallest absolute Gasteiger partial charge is 0.306 e. The molecule has 0 spiro atoms. The van der Waals surface area contributed by atoms with Crippen LogP contribution in [0.5, 0.6) is 0 Å². The van der Waals surface area contributed by atoms with Gasteiger partial charge >= 0.3 is 5.97 Å². The largest absolute Gasteiger partial charge is 0.454 e. The summed E-state index contributed by atoms with van der Waals surface area (Å²) in [5, 5.41) is 1.56. The third-order valence-corrected chi connectivity index (χ3v) is 5.78.